The molecule has 0 atom stereocenters. The molecule has 0 fully saturated rings. The fourth-order valence-electron chi connectivity index (χ4n) is 1.30. The van der Waals surface area contributed by atoms with Crippen molar-refractivity contribution in [2.24, 2.45) is 0 Å². The summed E-state index contributed by atoms with van der Waals surface area (Å²) in [6.07, 6.45) is 0. The fraction of sp³-hybridized carbons (Fsp3) is 0.400. The molecular formula is C10H14IN. The molecule has 0 bridgehead atoms. The SMILES string of the molecule is Cc1c(C)c(I)c(C)c(C)c1N. The second-order valence-corrected chi connectivity index (χ2v) is 4.31. The summed E-state index contributed by atoms with van der Waals surface area (Å²) in [5, 5.41) is 0. The maximum absolute atomic E-state index is 5.95. The van der Waals surface area contributed by atoms with E-state index in [4.69, 9.17) is 5.73 Å². The fourth-order valence-corrected chi connectivity index (χ4v) is 2.10. The molecule has 0 aromatic heterocycles. The van der Waals surface area contributed by atoms with Gasteiger partial charge < -0.3 is 5.73 Å². The van der Waals surface area contributed by atoms with Crippen molar-refractivity contribution in [2.75, 3.05) is 5.73 Å². The highest BCUT2D eigenvalue weighted by atomic mass is 127. The van der Waals surface area contributed by atoms with Crippen LogP contribution >= 0.6 is 22.6 Å². The molecule has 0 radical (unpaired) electrons. The Balaban J connectivity index is 3.60. The third-order valence-corrected chi connectivity index (χ3v) is 4.21. The zero-order valence-corrected chi connectivity index (χ0v) is 10.1. The number of nitrogens with two attached hydrogens (primary N) is 1. The monoisotopic (exact) mass is 275 g/mol. The van der Waals surface area contributed by atoms with Gasteiger partial charge in [0.15, 0.2) is 0 Å². The highest BCUT2D eigenvalue weighted by Crippen LogP contribution is 2.28. The third-order valence-electron chi connectivity index (χ3n) is 2.59. The summed E-state index contributed by atoms with van der Waals surface area (Å²) in [4.78, 5) is 0. The van der Waals surface area contributed by atoms with Gasteiger partial charge in [0, 0.05) is 9.26 Å². The number of anilines is 1. The van der Waals surface area contributed by atoms with Gasteiger partial charge in [0.2, 0.25) is 0 Å². The Morgan fingerprint density at radius 3 is 1.50 bits per heavy atom. The number of rotatable bonds is 0. The van der Waals surface area contributed by atoms with Crippen LogP contribution in [0.4, 0.5) is 5.69 Å². The summed E-state index contributed by atoms with van der Waals surface area (Å²) < 4.78 is 1.34. The Hall–Kier alpha value is -0.250. The predicted molar refractivity (Wildman–Crippen MR) is 62.5 cm³/mol. The maximum atomic E-state index is 5.95. The van der Waals surface area contributed by atoms with E-state index >= 15 is 0 Å². The van der Waals surface area contributed by atoms with Gasteiger partial charge in [-0.05, 0) is 72.5 Å². The molecular weight excluding hydrogens is 261 g/mol. The minimum Gasteiger partial charge on any atom is -0.398 e. The molecule has 0 unspecified atom stereocenters. The molecule has 1 nitrogen and oxygen atoms in total. The lowest BCUT2D eigenvalue weighted by Crippen LogP contribution is -2.01. The van der Waals surface area contributed by atoms with E-state index in [1.807, 2.05) is 0 Å². The van der Waals surface area contributed by atoms with Crippen molar-refractivity contribution >= 4 is 28.3 Å². The summed E-state index contributed by atoms with van der Waals surface area (Å²) >= 11 is 2.38. The molecule has 12 heavy (non-hydrogen) atoms. The second kappa shape index (κ2) is 3.24. The van der Waals surface area contributed by atoms with E-state index in [1.165, 1.54) is 25.8 Å². The standard InChI is InChI=1S/C10H14IN/c1-5-7(3)10(12)8(4)6(2)9(5)11/h12H2,1-4H3. The molecule has 66 valence electrons. The normalized spacial score (nSPS) is 10.4. The smallest absolute Gasteiger partial charge is 0.0379 e. The van der Waals surface area contributed by atoms with Crippen LogP contribution in [0, 0.1) is 31.3 Å². The number of hydrogen-bond acceptors (Lipinski definition) is 1. The van der Waals surface area contributed by atoms with Gasteiger partial charge >= 0.3 is 0 Å². The van der Waals surface area contributed by atoms with Crippen molar-refractivity contribution in [1.29, 1.82) is 0 Å². The van der Waals surface area contributed by atoms with Crippen LogP contribution in [0.25, 0.3) is 0 Å². The molecule has 0 aliphatic carbocycles. The van der Waals surface area contributed by atoms with Gasteiger partial charge in [0.1, 0.15) is 0 Å². The van der Waals surface area contributed by atoms with Crippen molar-refractivity contribution in [3.05, 3.63) is 25.8 Å². The Morgan fingerprint density at radius 1 is 0.833 bits per heavy atom. The molecule has 0 aliphatic rings. The van der Waals surface area contributed by atoms with Crippen LogP contribution in [-0.4, -0.2) is 0 Å². The molecule has 0 saturated carbocycles. The zero-order chi connectivity index (χ0) is 9.46. The first-order chi connectivity index (χ1) is 5.46. The molecule has 0 heterocycles. The topological polar surface area (TPSA) is 26.0 Å². The van der Waals surface area contributed by atoms with Crippen LogP contribution in [0.3, 0.4) is 0 Å². The van der Waals surface area contributed by atoms with Crippen molar-refractivity contribution < 1.29 is 0 Å². The number of benzene rings is 1. The largest absolute Gasteiger partial charge is 0.398 e. The lowest BCUT2D eigenvalue weighted by atomic mass is 9.99. The third kappa shape index (κ3) is 1.32. The van der Waals surface area contributed by atoms with E-state index in [0.717, 1.165) is 5.69 Å². The number of halogens is 1. The molecule has 0 aliphatic heterocycles. The first kappa shape index (κ1) is 9.84. The van der Waals surface area contributed by atoms with Crippen LogP contribution in [0.1, 0.15) is 22.3 Å². The number of hydrogen-bond donors (Lipinski definition) is 1. The molecule has 1 rings (SSSR count). The van der Waals surface area contributed by atoms with Gasteiger partial charge in [-0.15, -0.1) is 0 Å². The molecule has 0 saturated heterocycles. The average molecular weight is 275 g/mol. The van der Waals surface area contributed by atoms with Crippen molar-refractivity contribution in [3.8, 4) is 0 Å². The van der Waals surface area contributed by atoms with Crippen molar-refractivity contribution in [3.63, 3.8) is 0 Å². The van der Waals surface area contributed by atoms with E-state index in [2.05, 4.69) is 50.3 Å². The summed E-state index contributed by atoms with van der Waals surface area (Å²) in [7, 11) is 0. The van der Waals surface area contributed by atoms with Crippen LogP contribution < -0.4 is 5.73 Å². The molecule has 2 N–H and O–H groups in total. The quantitative estimate of drug-likeness (QED) is 0.571. The molecule has 0 amide bonds. The van der Waals surface area contributed by atoms with Gasteiger partial charge in [-0.1, -0.05) is 0 Å². The van der Waals surface area contributed by atoms with E-state index in [9.17, 15) is 0 Å². The summed E-state index contributed by atoms with van der Waals surface area (Å²) in [5.41, 5.74) is 12.0. The molecule has 2 heteroatoms. The van der Waals surface area contributed by atoms with Crippen LogP contribution in [0.5, 0.6) is 0 Å². The summed E-state index contributed by atoms with van der Waals surface area (Å²) in [6, 6.07) is 0. The van der Waals surface area contributed by atoms with Gasteiger partial charge in [-0.3, -0.25) is 0 Å². The maximum Gasteiger partial charge on any atom is 0.0379 e. The van der Waals surface area contributed by atoms with E-state index in [1.54, 1.807) is 0 Å². The van der Waals surface area contributed by atoms with E-state index < -0.39 is 0 Å². The zero-order valence-electron chi connectivity index (χ0n) is 7.96. The Morgan fingerprint density at radius 2 is 1.17 bits per heavy atom. The van der Waals surface area contributed by atoms with Gasteiger partial charge in [0.05, 0.1) is 0 Å². The van der Waals surface area contributed by atoms with Crippen LogP contribution in [0.15, 0.2) is 0 Å². The number of nitrogen functional groups attached to an aromatic ring is 1. The van der Waals surface area contributed by atoms with Crippen molar-refractivity contribution in [2.45, 2.75) is 27.7 Å². The minimum atomic E-state index is 0.949. The summed E-state index contributed by atoms with van der Waals surface area (Å²) in [6.45, 7) is 8.42. The van der Waals surface area contributed by atoms with Gasteiger partial charge in [-0.25, -0.2) is 0 Å². The highest BCUT2D eigenvalue weighted by Gasteiger charge is 2.09. The first-order valence-electron chi connectivity index (χ1n) is 3.98. The first-order valence-corrected chi connectivity index (χ1v) is 5.06. The van der Waals surface area contributed by atoms with Crippen molar-refractivity contribution in [1.82, 2.24) is 0 Å². The Kier molecular flexibility index (Phi) is 2.66. The predicted octanol–water partition coefficient (Wildman–Crippen LogP) is 3.11. The molecule has 1 aromatic carbocycles. The lowest BCUT2D eigenvalue weighted by molar-refractivity contribution is 1.22. The Bertz CT molecular complexity index is 224. The van der Waals surface area contributed by atoms with Gasteiger partial charge in [-0.2, -0.15) is 0 Å². The van der Waals surface area contributed by atoms with E-state index in [-0.39, 0.29) is 0 Å². The summed E-state index contributed by atoms with van der Waals surface area (Å²) in [5.74, 6) is 0. The minimum absolute atomic E-state index is 0.949. The lowest BCUT2D eigenvalue weighted by Gasteiger charge is -2.13. The molecule has 1 aromatic rings. The van der Waals surface area contributed by atoms with Crippen LogP contribution in [0.2, 0.25) is 0 Å². The average Bonchev–Trinajstić information content (AvgIpc) is 2.08. The van der Waals surface area contributed by atoms with Gasteiger partial charge in [0.25, 0.3) is 0 Å². The van der Waals surface area contributed by atoms with E-state index in [0.29, 0.717) is 0 Å². The Labute approximate surface area is 87.5 Å². The highest BCUT2D eigenvalue weighted by molar-refractivity contribution is 14.1. The molecule has 0 spiro atoms. The van der Waals surface area contributed by atoms with Crippen LogP contribution in [-0.2, 0) is 0 Å². The second-order valence-electron chi connectivity index (χ2n) is 3.23.